The van der Waals surface area contributed by atoms with Gasteiger partial charge in [0, 0.05) is 32.2 Å². The minimum absolute atomic E-state index is 0.335. The molecule has 3 heteroatoms. The number of ether oxygens (including phenoxy) is 1. The molecule has 1 unspecified atom stereocenters. The molecular formula is C14H27NO2. The summed E-state index contributed by atoms with van der Waals surface area (Å²) in [5.74, 6) is 1.55. The van der Waals surface area contributed by atoms with Crippen LogP contribution < -0.4 is 0 Å². The van der Waals surface area contributed by atoms with Crippen LogP contribution in [0.3, 0.4) is 0 Å². The van der Waals surface area contributed by atoms with Crippen molar-refractivity contribution < 1.29 is 9.53 Å². The summed E-state index contributed by atoms with van der Waals surface area (Å²) in [7, 11) is 0. The van der Waals surface area contributed by atoms with Crippen molar-refractivity contribution >= 4 is 5.91 Å². The molecule has 1 fully saturated rings. The second-order valence-corrected chi connectivity index (χ2v) is 5.54. The smallest absolute Gasteiger partial charge is 0.223 e. The molecule has 100 valence electrons. The third-order valence-corrected chi connectivity index (χ3v) is 3.56. The van der Waals surface area contributed by atoms with Crippen LogP contribution in [0.1, 0.15) is 47.0 Å². The number of hydrogen-bond acceptors (Lipinski definition) is 2. The fraction of sp³-hybridized carbons (Fsp3) is 0.929. The minimum Gasteiger partial charge on any atom is -0.382 e. The van der Waals surface area contributed by atoms with Crippen LogP contribution in [0.15, 0.2) is 0 Å². The molecule has 0 radical (unpaired) electrons. The van der Waals surface area contributed by atoms with E-state index in [0.29, 0.717) is 23.8 Å². The average molecular weight is 241 g/mol. The zero-order valence-corrected chi connectivity index (χ0v) is 11.7. The number of hydrogen-bond donors (Lipinski definition) is 0. The molecule has 1 saturated heterocycles. The molecule has 3 nitrogen and oxygen atoms in total. The Kier molecular flexibility index (Phi) is 5.96. The van der Waals surface area contributed by atoms with Crippen molar-refractivity contribution in [1.82, 2.24) is 4.90 Å². The lowest BCUT2D eigenvalue weighted by atomic mass is 9.93. The Morgan fingerprint density at radius 1 is 1.41 bits per heavy atom. The third-order valence-electron chi connectivity index (χ3n) is 3.56. The molecule has 1 aliphatic rings. The van der Waals surface area contributed by atoms with Gasteiger partial charge >= 0.3 is 0 Å². The zero-order chi connectivity index (χ0) is 12.8. The average Bonchev–Trinajstić information content (AvgIpc) is 2.60. The van der Waals surface area contributed by atoms with Crippen LogP contribution in [0, 0.1) is 11.8 Å². The first-order valence-corrected chi connectivity index (χ1v) is 6.91. The molecule has 1 heterocycles. The highest BCUT2D eigenvalue weighted by Gasteiger charge is 2.31. The molecule has 0 N–H and O–H groups in total. The maximum Gasteiger partial charge on any atom is 0.223 e. The summed E-state index contributed by atoms with van der Waals surface area (Å²) >= 11 is 0. The van der Waals surface area contributed by atoms with Crippen molar-refractivity contribution in [3.8, 4) is 0 Å². The molecular weight excluding hydrogens is 214 g/mol. The summed E-state index contributed by atoms with van der Waals surface area (Å²) in [6.45, 7) is 11.1. The molecule has 2 atom stereocenters. The van der Waals surface area contributed by atoms with E-state index in [1.807, 2.05) is 11.8 Å². The van der Waals surface area contributed by atoms with E-state index in [1.165, 1.54) is 0 Å². The van der Waals surface area contributed by atoms with Crippen molar-refractivity contribution in [3.05, 3.63) is 0 Å². The Balaban J connectivity index is 2.26. The topological polar surface area (TPSA) is 29.5 Å². The van der Waals surface area contributed by atoms with Crippen LogP contribution in [0.4, 0.5) is 0 Å². The normalized spacial score (nSPS) is 22.5. The summed E-state index contributed by atoms with van der Waals surface area (Å²) in [5.41, 5.74) is 0. The predicted octanol–water partition coefficient (Wildman–Crippen LogP) is 2.70. The van der Waals surface area contributed by atoms with Crippen molar-refractivity contribution in [2.45, 2.75) is 53.0 Å². The Morgan fingerprint density at radius 2 is 2.12 bits per heavy atom. The summed E-state index contributed by atoms with van der Waals surface area (Å²) in [6.07, 6.45) is 3.01. The number of rotatable bonds is 7. The maximum absolute atomic E-state index is 11.8. The van der Waals surface area contributed by atoms with Gasteiger partial charge in [0.25, 0.3) is 0 Å². The lowest BCUT2D eigenvalue weighted by Gasteiger charge is -2.21. The summed E-state index contributed by atoms with van der Waals surface area (Å²) in [4.78, 5) is 13.8. The minimum atomic E-state index is 0.335. The fourth-order valence-electron chi connectivity index (χ4n) is 2.58. The van der Waals surface area contributed by atoms with Crippen molar-refractivity contribution in [1.29, 1.82) is 0 Å². The van der Waals surface area contributed by atoms with Crippen LogP contribution in [0.5, 0.6) is 0 Å². The van der Waals surface area contributed by atoms with Crippen molar-refractivity contribution in [2.75, 3.05) is 19.8 Å². The van der Waals surface area contributed by atoms with Crippen LogP contribution in [-0.2, 0) is 9.53 Å². The summed E-state index contributed by atoms with van der Waals surface area (Å²) in [6, 6.07) is 0.353. The van der Waals surface area contributed by atoms with Crippen molar-refractivity contribution in [3.63, 3.8) is 0 Å². The van der Waals surface area contributed by atoms with Gasteiger partial charge in [0.15, 0.2) is 0 Å². The quantitative estimate of drug-likeness (QED) is 0.641. The third kappa shape index (κ3) is 4.66. The number of carbonyl (C=O) groups is 1. The van der Waals surface area contributed by atoms with Crippen LogP contribution >= 0.6 is 0 Å². The molecule has 1 rings (SSSR count). The Hall–Kier alpha value is -0.570. The highest BCUT2D eigenvalue weighted by atomic mass is 16.5. The van der Waals surface area contributed by atoms with Gasteiger partial charge in [-0.15, -0.1) is 0 Å². The van der Waals surface area contributed by atoms with Gasteiger partial charge < -0.3 is 9.64 Å². The van der Waals surface area contributed by atoms with E-state index in [2.05, 4.69) is 20.8 Å². The van der Waals surface area contributed by atoms with Gasteiger partial charge in [0.05, 0.1) is 0 Å². The Labute approximate surface area is 106 Å². The first-order valence-electron chi connectivity index (χ1n) is 6.91. The fourth-order valence-corrected chi connectivity index (χ4v) is 2.58. The molecule has 0 bridgehead atoms. The zero-order valence-electron chi connectivity index (χ0n) is 11.7. The summed E-state index contributed by atoms with van der Waals surface area (Å²) < 4.78 is 5.37. The molecule has 17 heavy (non-hydrogen) atoms. The van der Waals surface area contributed by atoms with Gasteiger partial charge in [-0.3, -0.25) is 4.79 Å². The monoisotopic (exact) mass is 241 g/mol. The number of amides is 1. The molecule has 0 saturated carbocycles. The molecule has 0 spiro atoms. The highest BCUT2D eigenvalue weighted by Crippen LogP contribution is 2.27. The first-order chi connectivity index (χ1) is 8.04. The van der Waals surface area contributed by atoms with Gasteiger partial charge in [0.2, 0.25) is 5.91 Å². The molecule has 0 aromatic rings. The number of nitrogens with zero attached hydrogens (tertiary/aromatic N) is 1. The summed E-state index contributed by atoms with van der Waals surface area (Å²) in [5, 5.41) is 0. The lowest BCUT2D eigenvalue weighted by Crippen LogP contribution is -2.32. The van der Waals surface area contributed by atoms with Gasteiger partial charge in [-0.2, -0.15) is 0 Å². The van der Waals surface area contributed by atoms with Crippen molar-refractivity contribution in [2.24, 2.45) is 11.8 Å². The largest absolute Gasteiger partial charge is 0.382 e. The van der Waals surface area contributed by atoms with E-state index >= 15 is 0 Å². The second-order valence-electron chi connectivity index (χ2n) is 5.54. The van der Waals surface area contributed by atoms with E-state index in [4.69, 9.17) is 4.74 Å². The van der Waals surface area contributed by atoms with Crippen LogP contribution in [0.25, 0.3) is 0 Å². The highest BCUT2D eigenvalue weighted by molar-refractivity contribution is 5.78. The molecule has 0 aromatic carbocycles. The van der Waals surface area contributed by atoms with E-state index in [-0.39, 0.29) is 0 Å². The van der Waals surface area contributed by atoms with E-state index in [1.54, 1.807) is 0 Å². The van der Waals surface area contributed by atoms with Crippen LogP contribution in [0.2, 0.25) is 0 Å². The molecule has 0 aromatic heterocycles. The molecule has 0 aliphatic carbocycles. The Bertz CT molecular complexity index is 240. The van der Waals surface area contributed by atoms with E-state index in [0.717, 1.165) is 39.0 Å². The van der Waals surface area contributed by atoms with Crippen LogP contribution in [-0.4, -0.2) is 36.6 Å². The van der Waals surface area contributed by atoms with Gasteiger partial charge in [-0.1, -0.05) is 6.92 Å². The predicted molar refractivity (Wildman–Crippen MR) is 69.8 cm³/mol. The van der Waals surface area contributed by atoms with E-state index in [9.17, 15) is 4.79 Å². The lowest BCUT2D eigenvalue weighted by molar-refractivity contribution is -0.129. The number of likely N-dealkylation sites (tertiary alicyclic amines) is 1. The Morgan fingerprint density at radius 3 is 2.65 bits per heavy atom. The first kappa shape index (κ1) is 14.5. The second kappa shape index (κ2) is 7.00. The maximum atomic E-state index is 11.8. The van der Waals surface area contributed by atoms with Gasteiger partial charge in [0.1, 0.15) is 0 Å². The van der Waals surface area contributed by atoms with Gasteiger partial charge in [-0.05, 0) is 45.4 Å². The van der Waals surface area contributed by atoms with E-state index < -0.39 is 0 Å². The number of carbonyl (C=O) groups excluding carboxylic acids is 1. The standard InChI is InChI=1S/C14H27NO2/c1-5-17-7-6-12(4)8-13-9-14(16)15(10-13)11(2)3/h11-13H,5-10H2,1-4H3/t12?,13-/m0/s1. The molecule has 1 amide bonds. The SMILES string of the molecule is CCOCCC(C)C[C@H]1CC(=O)N(C(C)C)C1. The molecule has 1 aliphatic heterocycles. The van der Waals surface area contributed by atoms with Gasteiger partial charge in [-0.25, -0.2) is 0 Å².